The van der Waals surface area contributed by atoms with E-state index in [2.05, 4.69) is 0 Å². The number of rotatable bonds is 2. The van der Waals surface area contributed by atoms with Crippen LogP contribution in [0.5, 0.6) is 5.75 Å². The molecule has 0 aliphatic heterocycles. The highest BCUT2D eigenvalue weighted by atomic mass is 16.5. The lowest BCUT2D eigenvalue weighted by Gasteiger charge is -2.06. The van der Waals surface area contributed by atoms with Gasteiger partial charge in [-0.2, -0.15) is 0 Å². The second-order valence-corrected chi connectivity index (χ2v) is 3.60. The number of nitrogen functional groups attached to an aromatic ring is 1. The molecule has 0 saturated heterocycles. The summed E-state index contributed by atoms with van der Waals surface area (Å²) in [6.07, 6.45) is 0. The van der Waals surface area contributed by atoms with E-state index in [1.165, 1.54) is 20.1 Å². The largest absolute Gasteiger partial charge is 0.493 e. The molecule has 5 nitrogen and oxygen atoms in total. The maximum absolute atomic E-state index is 11.6. The van der Waals surface area contributed by atoms with Crippen LogP contribution in [0.15, 0.2) is 27.4 Å². The van der Waals surface area contributed by atoms with Gasteiger partial charge in [0, 0.05) is 11.1 Å². The van der Waals surface area contributed by atoms with Gasteiger partial charge in [-0.3, -0.25) is 4.79 Å². The SMILES string of the molecule is COc1ccc(N)c2cc(C(C)=O)c(=O)oc12. The number of hydrogen-bond acceptors (Lipinski definition) is 5. The molecule has 0 fully saturated rings. The molecule has 1 aromatic heterocycles. The molecule has 0 unspecified atom stereocenters. The van der Waals surface area contributed by atoms with E-state index in [1.54, 1.807) is 12.1 Å². The Labute approximate surface area is 96.8 Å². The Bertz CT molecular complexity index is 657. The van der Waals surface area contributed by atoms with Gasteiger partial charge < -0.3 is 14.9 Å². The zero-order valence-electron chi connectivity index (χ0n) is 9.44. The van der Waals surface area contributed by atoms with E-state index in [0.717, 1.165) is 0 Å². The normalized spacial score (nSPS) is 10.5. The Morgan fingerprint density at radius 1 is 1.41 bits per heavy atom. The van der Waals surface area contributed by atoms with E-state index in [1.807, 2.05) is 0 Å². The van der Waals surface area contributed by atoms with E-state index >= 15 is 0 Å². The average Bonchev–Trinajstić information content (AvgIpc) is 2.28. The first-order valence-electron chi connectivity index (χ1n) is 4.96. The van der Waals surface area contributed by atoms with Crippen molar-refractivity contribution in [2.45, 2.75) is 6.92 Å². The lowest BCUT2D eigenvalue weighted by atomic mass is 10.1. The third-order valence-corrected chi connectivity index (χ3v) is 2.50. The van der Waals surface area contributed by atoms with Crippen molar-refractivity contribution in [1.29, 1.82) is 0 Å². The third kappa shape index (κ3) is 1.75. The first-order chi connectivity index (χ1) is 8.04. The number of ketones is 1. The van der Waals surface area contributed by atoms with Gasteiger partial charge in [0.05, 0.1) is 7.11 Å². The maximum atomic E-state index is 11.6. The highest BCUT2D eigenvalue weighted by Crippen LogP contribution is 2.29. The van der Waals surface area contributed by atoms with Gasteiger partial charge in [0.15, 0.2) is 17.1 Å². The van der Waals surface area contributed by atoms with E-state index in [0.29, 0.717) is 16.8 Å². The fourth-order valence-electron chi connectivity index (χ4n) is 1.61. The van der Waals surface area contributed by atoms with Crippen molar-refractivity contribution in [3.8, 4) is 5.75 Å². The van der Waals surface area contributed by atoms with E-state index < -0.39 is 5.63 Å². The zero-order valence-corrected chi connectivity index (χ0v) is 9.44. The van der Waals surface area contributed by atoms with Crippen LogP contribution in [0.4, 0.5) is 5.69 Å². The van der Waals surface area contributed by atoms with Crippen molar-refractivity contribution in [2.75, 3.05) is 12.8 Å². The van der Waals surface area contributed by atoms with Gasteiger partial charge in [-0.1, -0.05) is 0 Å². The summed E-state index contributed by atoms with van der Waals surface area (Å²) in [6.45, 7) is 1.30. The molecule has 2 rings (SSSR count). The number of fused-ring (bicyclic) bond motifs is 1. The monoisotopic (exact) mass is 233 g/mol. The van der Waals surface area contributed by atoms with Gasteiger partial charge in [0.25, 0.3) is 0 Å². The Morgan fingerprint density at radius 3 is 2.71 bits per heavy atom. The molecule has 17 heavy (non-hydrogen) atoms. The molecule has 0 radical (unpaired) electrons. The van der Waals surface area contributed by atoms with Crippen LogP contribution in [0.3, 0.4) is 0 Å². The predicted molar refractivity (Wildman–Crippen MR) is 63.5 cm³/mol. The van der Waals surface area contributed by atoms with E-state index in [4.69, 9.17) is 14.9 Å². The Balaban J connectivity index is 2.91. The number of anilines is 1. The van der Waals surface area contributed by atoms with Gasteiger partial charge in [0.1, 0.15) is 5.56 Å². The van der Waals surface area contributed by atoms with Crippen LogP contribution in [0.25, 0.3) is 11.0 Å². The number of benzene rings is 1. The number of hydrogen-bond donors (Lipinski definition) is 1. The number of carbonyl (C=O) groups is 1. The van der Waals surface area contributed by atoms with Crippen LogP contribution in [0.1, 0.15) is 17.3 Å². The van der Waals surface area contributed by atoms with Crippen molar-refractivity contribution in [1.82, 2.24) is 0 Å². The minimum atomic E-state index is -0.686. The highest BCUT2D eigenvalue weighted by molar-refractivity contribution is 6.00. The van der Waals surface area contributed by atoms with Crippen LogP contribution in [-0.4, -0.2) is 12.9 Å². The molecule has 0 bridgehead atoms. The van der Waals surface area contributed by atoms with Crippen LogP contribution >= 0.6 is 0 Å². The van der Waals surface area contributed by atoms with Crippen molar-refractivity contribution in [3.05, 3.63) is 34.2 Å². The molecule has 2 N–H and O–H groups in total. The summed E-state index contributed by atoms with van der Waals surface area (Å²) in [4.78, 5) is 22.8. The molecule has 0 atom stereocenters. The molecule has 5 heteroatoms. The molecule has 2 aromatic rings. The second-order valence-electron chi connectivity index (χ2n) is 3.60. The van der Waals surface area contributed by atoms with Crippen molar-refractivity contribution in [2.24, 2.45) is 0 Å². The van der Waals surface area contributed by atoms with E-state index in [9.17, 15) is 9.59 Å². The maximum Gasteiger partial charge on any atom is 0.347 e. The third-order valence-electron chi connectivity index (χ3n) is 2.50. The Kier molecular flexibility index (Phi) is 2.59. The number of nitrogens with two attached hydrogens (primary N) is 1. The van der Waals surface area contributed by atoms with Crippen molar-refractivity contribution < 1.29 is 13.9 Å². The molecule has 0 spiro atoms. The zero-order chi connectivity index (χ0) is 12.6. The minimum Gasteiger partial charge on any atom is -0.493 e. The molecule has 0 aliphatic carbocycles. The minimum absolute atomic E-state index is 0.0162. The summed E-state index contributed by atoms with van der Waals surface area (Å²) >= 11 is 0. The lowest BCUT2D eigenvalue weighted by molar-refractivity contribution is 0.101. The first-order valence-corrected chi connectivity index (χ1v) is 4.96. The van der Waals surface area contributed by atoms with Crippen LogP contribution in [-0.2, 0) is 0 Å². The fourth-order valence-corrected chi connectivity index (χ4v) is 1.61. The van der Waals surface area contributed by atoms with Gasteiger partial charge in [-0.05, 0) is 25.1 Å². The number of ether oxygens (including phenoxy) is 1. The number of Topliss-reactive ketones (excluding diaryl/α,β-unsaturated/α-hetero) is 1. The average molecular weight is 233 g/mol. The molecule has 0 aliphatic rings. The Morgan fingerprint density at radius 2 is 2.12 bits per heavy atom. The topological polar surface area (TPSA) is 82.5 Å². The molecule has 1 aromatic carbocycles. The summed E-state index contributed by atoms with van der Waals surface area (Å²) in [5, 5.41) is 0.495. The quantitative estimate of drug-likeness (QED) is 0.483. The summed E-state index contributed by atoms with van der Waals surface area (Å²) in [6, 6.07) is 4.67. The first kappa shape index (κ1) is 11.2. The van der Waals surface area contributed by atoms with Crippen molar-refractivity contribution in [3.63, 3.8) is 0 Å². The number of methoxy groups -OCH3 is 1. The number of carbonyl (C=O) groups excluding carboxylic acids is 1. The summed E-state index contributed by atoms with van der Waals surface area (Å²) in [5.41, 5.74) is 5.74. The molecular formula is C12H11NO4. The van der Waals surface area contributed by atoms with Crippen LogP contribution in [0.2, 0.25) is 0 Å². The van der Waals surface area contributed by atoms with Crippen LogP contribution in [0, 0.1) is 0 Å². The van der Waals surface area contributed by atoms with Gasteiger partial charge in [-0.25, -0.2) is 4.79 Å². The van der Waals surface area contributed by atoms with Gasteiger partial charge >= 0.3 is 5.63 Å². The molecule has 88 valence electrons. The van der Waals surface area contributed by atoms with Crippen LogP contribution < -0.4 is 16.1 Å². The van der Waals surface area contributed by atoms with Gasteiger partial charge in [-0.15, -0.1) is 0 Å². The Hall–Kier alpha value is -2.30. The van der Waals surface area contributed by atoms with Gasteiger partial charge in [0.2, 0.25) is 0 Å². The molecule has 0 saturated carbocycles. The van der Waals surface area contributed by atoms with Crippen molar-refractivity contribution >= 4 is 22.4 Å². The fraction of sp³-hybridized carbons (Fsp3) is 0.167. The highest BCUT2D eigenvalue weighted by Gasteiger charge is 2.14. The lowest BCUT2D eigenvalue weighted by Crippen LogP contribution is -2.11. The summed E-state index contributed by atoms with van der Waals surface area (Å²) < 4.78 is 10.1. The second kappa shape index (κ2) is 3.93. The summed E-state index contributed by atoms with van der Waals surface area (Å²) in [7, 11) is 1.46. The standard InChI is InChI=1S/C12H11NO4/c1-6(14)7-5-8-9(13)3-4-10(16-2)11(8)17-12(7)15/h3-5H,13H2,1-2H3. The predicted octanol–water partition coefficient (Wildman–Crippen LogP) is 1.59. The molecular weight excluding hydrogens is 222 g/mol. The van der Waals surface area contributed by atoms with E-state index in [-0.39, 0.29) is 16.9 Å². The molecule has 0 amide bonds. The smallest absolute Gasteiger partial charge is 0.347 e. The molecule has 1 heterocycles. The summed E-state index contributed by atoms with van der Waals surface area (Å²) in [5.74, 6) is 0.0456.